The molecule has 33 heavy (non-hydrogen) atoms. The fourth-order valence-corrected chi connectivity index (χ4v) is 4.71. The number of amides is 1. The third-order valence-corrected chi connectivity index (χ3v) is 6.63. The van der Waals surface area contributed by atoms with E-state index in [-0.39, 0.29) is 23.0 Å². The Morgan fingerprint density at radius 2 is 1.85 bits per heavy atom. The van der Waals surface area contributed by atoms with E-state index < -0.39 is 16.6 Å². The first kappa shape index (κ1) is 22.7. The molecule has 170 valence electrons. The summed E-state index contributed by atoms with van der Waals surface area (Å²) in [7, 11) is 0. The van der Waals surface area contributed by atoms with Gasteiger partial charge in [0.15, 0.2) is 0 Å². The minimum absolute atomic E-state index is 0.130. The minimum Gasteiger partial charge on any atom is -0.371 e. The number of benzene rings is 3. The van der Waals surface area contributed by atoms with Crippen molar-refractivity contribution in [3.63, 3.8) is 0 Å². The van der Waals surface area contributed by atoms with Crippen LogP contribution in [0, 0.1) is 27.7 Å². The summed E-state index contributed by atoms with van der Waals surface area (Å²) in [5, 5.41) is 14.1. The first-order chi connectivity index (χ1) is 15.9. The molecule has 3 aromatic rings. The first-order valence-corrected chi connectivity index (χ1v) is 11.2. The Balaban J connectivity index is 1.45. The fraction of sp³-hybridized carbons (Fsp3) is 0.208. The van der Waals surface area contributed by atoms with E-state index >= 15 is 0 Å². The highest BCUT2D eigenvalue weighted by atomic mass is 32.2. The number of carbonyl (C=O) groups is 1. The van der Waals surface area contributed by atoms with Crippen molar-refractivity contribution in [3.05, 3.63) is 94.0 Å². The molecule has 1 amide bonds. The Labute approximate surface area is 193 Å². The second-order valence-corrected chi connectivity index (χ2v) is 8.84. The number of rotatable bonds is 7. The molecule has 1 fully saturated rings. The molecule has 3 aromatic carbocycles. The van der Waals surface area contributed by atoms with Gasteiger partial charge in [-0.25, -0.2) is 8.78 Å². The molecule has 9 heteroatoms. The number of anilines is 1. The van der Waals surface area contributed by atoms with E-state index in [9.17, 15) is 23.7 Å². The van der Waals surface area contributed by atoms with Crippen LogP contribution in [0.15, 0.2) is 76.5 Å². The van der Waals surface area contributed by atoms with Crippen LogP contribution in [-0.2, 0) is 0 Å². The van der Waals surface area contributed by atoms with E-state index in [1.54, 1.807) is 30.3 Å². The molecule has 6 nitrogen and oxygen atoms in total. The zero-order valence-corrected chi connectivity index (χ0v) is 18.4. The molecule has 0 spiro atoms. The smallest absolute Gasteiger partial charge is 0.270 e. The molecule has 0 bridgehead atoms. The minimum atomic E-state index is -0.564. The second kappa shape index (κ2) is 9.99. The summed E-state index contributed by atoms with van der Waals surface area (Å²) in [6.45, 7) is 1.89. The number of hydrogen-bond acceptors (Lipinski definition) is 5. The Morgan fingerprint density at radius 1 is 1.09 bits per heavy atom. The number of nitrogens with one attached hydrogen (secondary N) is 1. The molecule has 0 saturated carbocycles. The van der Waals surface area contributed by atoms with Crippen molar-refractivity contribution in [3.8, 4) is 0 Å². The molecule has 0 radical (unpaired) electrons. The normalized spacial score (nSPS) is 15.5. The van der Waals surface area contributed by atoms with Gasteiger partial charge in [0.2, 0.25) is 0 Å². The third kappa shape index (κ3) is 5.48. The van der Waals surface area contributed by atoms with Gasteiger partial charge in [0.1, 0.15) is 11.6 Å². The molecule has 0 aromatic heterocycles. The number of halogens is 2. The average Bonchev–Trinajstić information content (AvgIpc) is 3.28. The lowest BCUT2D eigenvalue weighted by atomic mass is 10.1. The molecule has 1 atom stereocenters. The van der Waals surface area contributed by atoms with Crippen LogP contribution < -0.4 is 10.2 Å². The molecule has 1 aliphatic heterocycles. The van der Waals surface area contributed by atoms with Crippen LogP contribution in [0.2, 0.25) is 0 Å². The lowest BCUT2D eigenvalue weighted by Gasteiger charge is -2.19. The zero-order chi connectivity index (χ0) is 23.4. The van der Waals surface area contributed by atoms with Gasteiger partial charge in [0, 0.05) is 47.2 Å². The third-order valence-electron chi connectivity index (χ3n) is 5.50. The van der Waals surface area contributed by atoms with Crippen LogP contribution in [0.5, 0.6) is 0 Å². The highest BCUT2D eigenvalue weighted by Crippen LogP contribution is 2.34. The van der Waals surface area contributed by atoms with Gasteiger partial charge in [-0.2, -0.15) is 0 Å². The number of hydrogen-bond donors (Lipinski definition) is 1. The molecule has 1 N–H and O–H groups in total. The lowest BCUT2D eigenvalue weighted by molar-refractivity contribution is -0.384. The highest BCUT2D eigenvalue weighted by Gasteiger charge is 2.24. The van der Waals surface area contributed by atoms with Gasteiger partial charge >= 0.3 is 0 Å². The summed E-state index contributed by atoms with van der Waals surface area (Å²) in [4.78, 5) is 26.5. The highest BCUT2D eigenvalue weighted by molar-refractivity contribution is 7.99. The van der Waals surface area contributed by atoms with E-state index in [2.05, 4.69) is 10.2 Å². The van der Waals surface area contributed by atoms with Crippen LogP contribution in [0.3, 0.4) is 0 Å². The van der Waals surface area contributed by atoms with Crippen LogP contribution in [0.25, 0.3) is 0 Å². The zero-order valence-electron chi connectivity index (χ0n) is 17.5. The lowest BCUT2D eigenvalue weighted by Crippen LogP contribution is -2.31. The summed E-state index contributed by atoms with van der Waals surface area (Å²) in [5.74, 6) is -0.986. The average molecular weight is 470 g/mol. The fourth-order valence-electron chi connectivity index (χ4n) is 3.76. The van der Waals surface area contributed by atoms with Gasteiger partial charge < -0.3 is 10.2 Å². The van der Waals surface area contributed by atoms with E-state index in [4.69, 9.17) is 0 Å². The van der Waals surface area contributed by atoms with Crippen molar-refractivity contribution in [1.82, 2.24) is 5.32 Å². The predicted molar refractivity (Wildman–Crippen MR) is 123 cm³/mol. The number of carbonyl (C=O) groups excluding carboxylic acids is 1. The van der Waals surface area contributed by atoms with Gasteiger partial charge in [0.25, 0.3) is 11.6 Å². The Morgan fingerprint density at radius 3 is 2.58 bits per heavy atom. The van der Waals surface area contributed by atoms with Gasteiger partial charge in [-0.3, -0.25) is 14.9 Å². The second-order valence-electron chi connectivity index (χ2n) is 7.76. The van der Waals surface area contributed by atoms with Crippen molar-refractivity contribution in [2.45, 2.75) is 16.2 Å². The van der Waals surface area contributed by atoms with Gasteiger partial charge in [-0.05, 0) is 54.8 Å². The molecule has 1 aliphatic rings. The maximum atomic E-state index is 14.1. The van der Waals surface area contributed by atoms with Crippen molar-refractivity contribution in [2.75, 3.05) is 24.5 Å². The van der Waals surface area contributed by atoms with E-state index in [1.807, 2.05) is 0 Å². The number of non-ortho nitro benzene ring substituents is 1. The van der Waals surface area contributed by atoms with E-state index in [1.165, 1.54) is 36.4 Å². The van der Waals surface area contributed by atoms with Gasteiger partial charge in [-0.15, -0.1) is 0 Å². The molecule has 4 rings (SSSR count). The topological polar surface area (TPSA) is 75.5 Å². The largest absolute Gasteiger partial charge is 0.371 e. The van der Waals surface area contributed by atoms with Crippen LogP contribution in [-0.4, -0.2) is 30.5 Å². The Kier molecular flexibility index (Phi) is 6.88. The molecular formula is C24H21F2N3O3S. The molecule has 0 aliphatic carbocycles. The maximum absolute atomic E-state index is 14.1. The van der Waals surface area contributed by atoms with Crippen LogP contribution in [0.1, 0.15) is 16.8 Å². The summed E-state index contributed by atoms with van der Waals surface area (Å²) in [6.07, 6.45) is 0.851. The maximum Gasteiger partial charge on any atom is 0.270 e. The van der Waals surface area contributed by atoms with Crippen molar-refractivity contribution >= 4 is 29.0 Å². The van der Waals surface area contributed by atoms with Crippen molar-refractivity contribution in [1.29, 1.82) is 0 Å². The first-order valence-electron chi connectivity index (χ1n) is 10.4. The summed E-state index contributed by atoms with van der Waals surface area (Å²) < 4.78 is 27.3. The monoisotopic (exact) mass is 469 g/mol. The summed E-state index contributed by atoms with van der Waals surface area (Å²) in [5.41, 5.74) is 0.847. The molecular weight excluding hydrogens is 448 g/mol. The number of nitrogens with zero attached hydrogens (tertiary/aromatic N) is 2. The molecule has 1 unspecified atom stereocenters. The van der Waals surface area contributed by atoms with Crippen LogP contribution >= 0.6 is 11.8 Å². The predicted octanol–water partition coefficient (Wildman–Crippen LogP) is 5.28. The molecule has 1 saturated heterocycles. The van der Waals surface area contributed by atoms with Crippen molar-refractivity contribution < 1.29 is 18.5 Å². The SMILES string of the molecule is O=C(NCC1CCN(c2ccc(F)cc2)C1)c1cc([N+](=O)[O-])ccc1Sc1ccccc1F. The standard InChI is InChI=1S/C24H21F2N3O3S/c25-17-5-7-18(8-6-17)28-12-11-16(15-28)14-27-24(30)20-13-19(29(31)32)9-10-22(20)33-23-4-2-1-3-21(23)26/h1-10,13,16H,11-12,14-15H2,(H,27,30). The quantitative estimate of drug-likeness (QED) is 0.376. The van der Waals surface area contributed by atoms with E-state index in [0.29, 0.717) is 22.9 Å². The number of nitro benzene ring substituents is 1. The molecule has 1 heterocycles. The van der Waals surface area contributed by atoms with E-state index in [0.717, 1.165) is 30.4 Å². The van der Waals surface area contributed by atoms with Gasteiger partial charge in [0.05, 0.1) is 10.5 Å². The Bertz CT molecular complexity index is 1170. The van der Waals surface area contributed by atoms with Crippen LogP contribution in [0.4, 0.5) is 20.2 Å². The Hall–Kier alpha value is -3.46. The van der Waals surface area contributed by atoms with Crippen molar-refractivity contribution in [2.24, 2.45) is 5.92 Å². The summed E-state index contributed by atoms with van der Waals surface area (Å²) >= 11 is 1.05. The summed E-state index contributed by atoms with van der Waals surface area (Å²) in [6, 6.07) is 16.4. The van der Waals surface area contributed by atoms with Gasteiger partial charge in [-0.1, -0.05) is 23.9 Å². The number of nitro groups is 1.